The van der Waals surface area contributed by atoms with Gasteiger partial charge in [0.1, 0.15) is 0 Å². The van der Waals surface area contributed by atoms with E-state index in [4.69, 9.17) is 0 Å². The summed E-state index contributed by atoms with van der Waals surface area (Å²) in [6.45, 7) is 0.192. The quantitative estimate of drug-likeness (QED) is 0.736. The lowest BCUT2D eigenvalue weighted by atomic mass is 10.3. The van der Waals surface area contributed by atoms with E-state index in [1.165, 1.54) is 12.8 Å². The molecule has 2 rings (SSSR count). The molecule has 0 amide bonds. The summed E-state index contributed by atoms with van der Waals surface area (Å²) in [5.74, 6) is 0.857. The predicted molar refractivity (Wildman–Crippen MR) is 69.4 cm³/mol. The molecule has 2 N–H and O–H groups in total. The van der Waals surface area contributed by atoms with Gasteiger partial charge in [0.15, 0.2) is 8.68 Å². The molecule has 1 fully saturated rings. The van der Waals surface area contributed by atoms with E-state index < -0.39 is 0 Å². The predicted octanol–water partition coefficient (Wildman–Crippen LogP) is 1.47. The van der Waals surface area contributed by atoms with Crippen LogP contribution >= 0.6 is 34.9 Å². The maximum atomic E-state index is 9.22. The molecular weight excluding hydrogens is 262 g/mol. The second-order valence-electron chi connectivity index (χ2n) is 3.67. The van der Waals surface area contributed by atoms with Crippen LogP contribution in [0.1, 0.15) is 12.8 Å². The first-order valence-corrected chi connectivity index (χ1v) is 8.21. The Morgan fingerprint density at radius 3 is 2.81 bits per heavy atom. The van der Waals surface area contributed by atoms with Crippen LogP contribution in [0.2, 0.25) is 0 Å². The first-order chi connectivity index (χ1) is 7.81. The first kappa shape index (κ1) is 12.6. The van der Waals surface area contributed by atoms with Crippen LogP contribution in [0.5, 0.6) is 0 Å². The van der Waals surface area contributed by atoms with Crippen LogP contribution in [0.4, 0.5) is 0 Å². The van der Waals surface area contributed by atoms with Crippen molar-refractivity contribution in [1.82, 2.24) is 15.5 Å². The van der Waals surface area contributed by atoms with Crippen LogP contribution in [0.3, 0.4) is 0 Å². The zero-order valence-electron chi connectivity index (χ0n) is 9.05. The summed E-state index contributed by atoms with van der Waals surface area (Å²) >= 11 is 4.90. The molecule has 0 radical (unpaired) electrons. The SMILES string of the molecule is CSc1nnc(SCC(CO)NC2CC2)s1. The van der Waals surface area contributed by atoms with E-state index in [-0.39, 0.29) is 12.6 Å². The van der Waals surface area contributed by atoms with Gasteiger partial charge in [-0.3, -0.25) is 0 Å². The number of nitrogens with zero attached hydrogens (tertiary/aromatic N) is 2. The van der Waals surface area contributed by atoms with Crippen molar-refractivity contribution >= 4 is 34.9 Å². The molecule has 4 nitrogen and oxygen atoms in total. The average molecular weight is 277 g/mol. The number of aliphatic hydroxyl groups is 1. The third-order valence-electron chi connectivity index (χ3n) is 2.24. The van der Waals surface area contributed by atoms with Gasteiger partial charge in [0, 0.05) is 17.8 Å². The van der Waals surface area contributed by atoms with Gasteiger partial charge in [-0.1, -0.05) is 34.9 Å². The molecule has 1 atom stereocenters. The summed E-state index contributed by atoms with van der Waals surface area (Å²) in [6, 6.07) is 0.813. The minimum Gasteiger partial charge on any atom is -0.395 e. The van der Waals surface area contributed by atoms with Crippen molar-refractivity contribution < 1.29 is 5.11 Å². The van der Waals surface area contributed by atoms with Crippen LogP contribution in [-0.2, 0) is 0 Å². The van der Waals surface area contributed by atoms with Gasteiger partial charge in [-0.25, -0.2) is 0 Å². The highest BCUT2D eigenvalue weighted by Gasteiger charge is 2.24. The summed E-state index contributed by atoms with van der Waals surface area (Å²) < 4.78 is 1.98. The van der Waals surface area contributed by atoms with Gasteiger partial charge >= 0.3 is 0 Å². The van der Waals surface area contributed by atoms with E-state index in [1.807, 2.05) is 6.26 Å². The fourth-order valence-electron chi connectivity index (χ4n) is 1.25. The summed E-state index contributed by atoms with van der Waals surface area (Å²) in [7, 11) is 0. The minimum atomic E-state index is 0.180. The van der Waals surface area contributed by atoms with Crippen LogP contribution in [0, 0.1) is 0 Å². The maximum Gasteiger partial charge on any atom is 0.175 e. The molecule has 1 heterocycles. The lowest BCUT2D eigenvalue weighted by Gasteiger charge is -2.13. The van der Waals surface area contributed by atoms with E-state index in [0.717, 1.165) is 14.4 Å². The summed E-state index contributed by atoms with van der Waals surface area (Å²) in [5, 5.41) is 20.8. The van der Waals surface area contributed by atoms with Gasteiger partial charge in [0.2, 0.25) is 0 Å². The van der Waals surface area contributed by atoms with E-state index in [2.05, 4.69) is 15.5 Å². The molecule has 0 bridgehead atoms. The zero-order chi connectivity index (χ0) is 11.4. The monoisotopic (exact) mass is 277 g/mol. The Balaban J connectivity index is 1.75. The van der Waals surface area contributed by atoms with Crippen molar-refractivity contribution in [1.29, 1.82) is 0 Å². The van der Waals surface area contributed by atoms with E-state index >= 15 is 0 Å². The number of hydrogen-bond donors (Lipinski definition) is 2. The number of aromatic nitrogens is 2. The molecule has 0 saturated heterocycles. The third kappa shape index (κ3) is 3.89. The highest BCUT2D eigenvalue weighted by atomic mass is 32.2. The molecule has 1 saturated carbocycles. The van der Waals surface area contributed by atoms with Gasteiger partial charge in [-0.05, 0) is 19.1 Å². The van der Waals surface area contributed by atoms with E-state index in [9.17, 15) is 5.11 Å². The molecule has 1 aliphatic rings. The number of aliphatic hydroxyl groups excluding tert-OH is 1. The number of hydrogen-bond acceptors (Lipinski definition) is 7. The lowest BCUT2D eigenvalue weighted by molar-refractivity contribution is 0.253. The molecule has 0 aliphatic heterocycles. The van der Waals surface area contributed by atoms with Crippen molar-refractivity contribution in [3.8, 4) is 0 Å². The molecule has 1 aliphatic carbocycles. The van der Waals surface area contributed by atoms with E-state index in [0.29, 0.717) is 6.04 Å². The van der Waals surface area contributed by atoms with Crippen LogP contribution in [-0.4, -0.2) is 46.0 Å². The Morgan fingerprint density at radius 2 is 2.25 bits per heavy atom. The molecule has 0 spiro atoms. The Morgan fingerprint density at radius 1 is 1.50 bits per heavy atom. The highest BCUT2D eigenvalue weighted by molar-refractivity contribution is 8.03. The van der Waals surface area contributed by atoms with Crippen LogP contribution < -0.4 is 5.32 Å². The Hall–Kier alpha value is 0.180. The largest absolute Gasteiger partial charge is 0.395 e. The summed E-state index contributed by atoms with van der Waals surface area (Å²) in [5.41, 5.74) is 0. The first-order valence-electron chi connectivity index (χ1n) is 5.19. The molecule has 1 aromatic heterocycles. The highest BCUT2D eigenvalue weighted by Crippen LogP contribution is 2.28. The Labute approximate surface area is 108 Å². The molecule has 0 aromatic carbocycles. The molecular formula is C9H15N3OS3. The second kappa shape index (κ2) is 6.20. The average Bonchev–Trinajstić information content (AvgIpc) is 3.00. The van der Waals surface area contributed by atoms with Crippen molar-refractivity contribution in [2.24, 2.45) is 0 Å². The summed E-state index contributed by atoms with van der Waals surface area (Å²) in [4.78, 5) is 0. The van der Waals surface area contributed by atoms with Crippen molar-refractivity contribution in [3.63, 3.8) is 0 Å². The molecule has 90 valence electrons. The van der Waals surface area contributed by atoms with Gasteiger partial charge < -0.3 is 10.4 Å². The fourth-order valence-corrected chi connectivity index (χ4v) is 3.73. The standard InChI is InChI=1S/C9H15N3OS3/c1-14-8-11-12-9(16-8)15-5-7(4-13)10-6-2-3-6/h6-7,10,13H,2-5H2,1H3. The van der Waals surface area contributed by atoms with Gasteiger partial charge in [-0.2, -0.15) is 0 Å². The third-order valence-corrected chi connectivity index (χ3v) is 5.43. The zero-order valence-corrected chi connectivity index (χ0v) is 11.5. The summed E-state index contributed by atoms with van der Waals surface area (Å²) in [6.07, 6.45) is 4.49. The maximum absolute atomic E-state index is 9.22. The molecule has 16 heavy (non-hydrogen) atoms. The van der Waals surface area contributed by atoms with Gasteiger partial charge in [0.25, 0.3) is 0 Å². The van der Waals surface area contributed by atoms with Crippen molar-refractivity contribution in [3.05, 3.63) is 0 Å². The van der Waals surface area contributed by atoms with Crippen LogP contribution in [0.25, 0.3) is 0 Å². The van der Waals surface area contributed by atoms with Crippen molar-refractivity contribution in [2.45, 2.75) is 33.6 Å². The van der Waals surface area contributed by atoms with Crippen LogP contribution in [0.15, 0.2) is 8.68 Å². The number of nitrogens with one attached hydrogen (secondary N) is 1. The van der Waals surface area contributed by atoms with Gasteiger partial charge in [-0.15, -0.1) is 10.2 Å². The number of thioether (sulfide) groups is 2. The Bertz CT molecular complexity index is 330. The smallest absolute Gasteiger partial charge is 0.175 e. The topological polar surface area (TPSA) is 58.0 Å². The normalized spacial score (nSPS) is 17.6. The number of rotatable bonds is 7. The fraction of sp³-hybridized carbons (Fsp3) is 0.778. The molecule has 1 aromatic rings. The second-order valence-corrected chi connectivity index (χ2v) is 6.97. The molecule has 7 heteroatoms. The van der Waals surface area contributed by atoms with Crippen molar-refractivity contribution in [2.75, 3.05) is 18.6 Å². The molecule has 1 unspecified atom stereocenters. The lowest BCUT2D eigenvalue weighted by Crippen LogP contribution is -2.36. The van der Waals surface area contributed by atoms with Gasteiger partial charge in [0.05, 0.1) is 6.61 Å². The van der Waals surface area contributed by atoms with E-state index in [1.54, 1.807) is 34.9 Å². The minimum absolute atomic E-state index is 0.180. The Kier molecular flexibility index (Phi) is 4.90.